The molecule has 5 heteroatoms. The molecule has 0 aliphatic carbocycles. The summed E-state index contributed by atoms with van der Waals surface area (Å²) in [5.74, 6) is 0. The summed E-state index contributed by atoms with van der Waals surface area (Å²) < 4.78 is 2.50. The number of fused-ring (bicyclic) bond motifs is 1. The van der Waals surface area contributed by atoms with E-state index in [1.54, 1.807) is 11.3 Å². The Bertz CT molecular complexity index is 695. The molecule has 0 spiro atoms. The van der Waals surface area contributed by atoms with Crippen molar-refractivity contribution in [2.45, 2.75) is 26.3 Å². The maximum absolute atomic E-state index is 4.76. The molecule has 0 saturated carbocycles. The van der Waals surface area contributed by atoms with Crippen molar-refractivity contribution in [1.82, 2.24) is 10.3 Å². The maximum atomic E-state index is 4.76. The largest absolute Gasteiger partial charge is 0.309 e. The number of nitrogens with zero attached hydrogens (tertiary/aromatic N) is 1. The standard InChI is InChI=1S/C16H17BrN2S2/c1-3-18-12(14-8-10(2)16(17)21-14)9-15-19-11-6-4-5-7-13(11)20-15/h4-8,12,18H,3,9H2,1-2H3. The Morgan fingerprint density at radius 2 is 2.10 bits per heavy atom. The van der Waals surface area contributed by atoms with Crippen molar-refractivity contribution in [2.24, 2.45) is 0 Å². The summed E-state index contributed by atoms with van der Waals surface area (Å²) in [6, 6.07) is 11.0. The lowest BCUT2D eigenvalue weighted by molar-refractivity contribution is 0.557. The maximum Gasteiger partial charge on any atom is 0.0957 e. The molecule has 0 aliphatic rings. The molecule has 1 atom stereocenters. The number of hydrogen-bond donors (Lipinski definition) is 1. The van der Waals surface area contributed by atoms with Gasteiger partial charge in [0.2, 0.25) is 0 Å². The van der Waals surface area contributed by atoms with Gasteiger partial charge in [-0.15, -0.1) is 22.7 Å². The van der Waals surface area contributed by atoms with Crippen LogP contribution in [0.1, 0.15) is 28.4 Å². The molecule has 0 fully saturated rings. The number of para-hydroxylation sites is 1. The summed E-state index contributed by atoms with van der Waals surface area (Å²) >= 11 is 7.25. The minimum Gasteiger partial charge on any atom is -0.309 e. The van der Waals surface area contributed by atoms with Crippen LogP contribution in [0.3, 0.4) is 0 Å². The van der Waals surface area contributed by atoms with Crippen LogP contribution in [0.4, 0.5) is 0 Å². The minimum absolute atomic E-state index is 0.338. The molecule has 2 aromatic heterocycles. The van der Waals surface area contributed by atoms with Crippen LogP contribution in [-0.4, -0.2) is 11.5 Å². The molecule has 1 unspecified atom stereocenters. The van der Waals surface area contributed by atoms with Gasteiger partial charge in [-0.1, -0.05) is 19.1 Å². The van der Waals surface area contributed by atoms with Crippen molar-refractivity contribution >= 4 is 48.8 Å². The summed E-state index contributed by atoms with van der Waals surface area (Å²) in [5.41, 5.74) is 2.42. The molecule has 0 bridgehead atoms. The van der Waals surface area contributed by atoms with Gasteiger partial charge in [-0.2, -0.15) is 0 Å². The van der Waals surface area contributed by atoms with Crippen molar-refractivity contribution in [3.05, 3.63) is 49.6 Å². The van der Waals surface area contributed by atoms with Crippen LogP contribution in [0.2, 0.25) is 0 Å². The predicted molar refractivity (Wildman–Crippen MR) is 96.5 cm³/mol. The van der Waals surface area contributed by atoms with E-state index in [0.717, 1.165) is 18.5 Å². The number of aromatic nitrogens is 1. The fraction of sp³-hybridized carbons (Fsp3) is 0.312. The highest BCUT2D eigenvalue weighted by molar-refractivity contribution is 9.11. The van der Waals surface area contributed by atoms with Crippen molar-refractivity contribution < 1.29 is 0 Å². The van der Waals surface area contributed by atoms with Crippen LogP contribution in [0, 0.1) is 6.92 Å². The van der Waals surface area contributed by atoms with Gasteiger partial charge in [-0.05, 0) is 53.2 Å². The zero-order chi connectivity index (χ0) is 14.8. The molecular formula is C16H17BrN2S2. The fourth-order valence-corrected chi connectivity index (χ4v) is 5.02. The molecule has 1 N–H and O–H groups in total. The van der Waals surface area contributed by atoms with Crippen LogP contribution < -0.4 is 5.32 Å². The first-order valence-corrected chi connectivity index (χ1v) is 9.43. The van der Waals surface area contributed by atoms with Crippen molar-refractivity contribution in [3.63, 3.8) is 0 Å². The van der Waals surface area contributed by atoms with E-state index in [1.165, 1.54) is 23.9 Å². The lowest BCUT2D eigenvalue weighted by atomic mass is 10.1. The van der Waals surface area contributed by atoms with E-state index in [1.807, 2.05) is 17.4 Å². The van der Waals surface area contributed by atoms with Crippen LogP contribution >= 0.6 is 38.6 Å². The van der Waals surface area contributed by atoms with Gasteiger partial charge in [-0.3, -0.25) is 0 Å². The molecule has 2 nitrogen and oxygen atoms in total. The topological polar surface area (TPSA) is 24.9 Å². The summed E-state index contributed by atoms with van der Waals surface area (Å²) in [5, 5.41) is 4.79. The Morgan fingerprint density at radius 1 is 1.29 bits per heavy atom. The number of hydrogen-bond acceptors (Lipinski definition) is 4. The minimum atomic E-state index is 0.338. The normalized spacial score (nSPS) is 12.9. The van der Waals surface area contributed by atoms with E-state index in [2.05, 4.69) is 59.4 Å². The molecule has 21 heavy (non-hydrogen) atoms. The highest BCUT2D eigenvalue weighted by Crippen LogP contribution is 2.34. The smallest absolute Gasteiger partial charge is 0.0957 e. The van der Waals surface area contributed by atoms with Gasteiger partial charge in [-0.25, -0.2) is 4.98 Å². The van der Waals surface area contributed by atoms with E-state index in [0.29, 0.717) is 6.04 Å². The number of rotatable bonds is 5. The van der Waals surface area contributed by atoms with Crippen LogP contribution in [0.25, 0.3) is 10.2 Å². The van der Waals surface area contributed by atoms with Gasteiger partial charge in [0.15, 0.2) is 0 Å². The molecule has 2 heterocycles. The Labute approximate surface area is 141 Å². The lowest BCUT2D eigenvalue weighted by Gasteiger charge is -2.14. The summed E-state index contributed by atoms with van der Waals surface area (Å²) in [4.78, 5) is 6.14. The molecule has 0 saturated heterocycles. The van der Waals surface area contributed by atoms with Crippen molar-refractivity contribution in [1.29, 1.82) is 0 Å². The van der Waals surface area contributed by atoms with Gasteiger partial charge in [0.05, 0.1) is 19.0 Å². The third-order valence-corrected chi connectivity index (χ3v) is 6.70. The van der Waals surface area contributed by atoms with Gasteiger partial charge in [0.25, 0.3) is 0 Å². The zero-order valence-corrected chi connectivity index (χ0v) is 15.2. The molecular weight excluding hydrogens is 364 g/mol. The Morgan fingerprint density at radius 3 is 2.76 bits per heavy atom. The van der Waals surface area contributed by atoms with E-state index in [4.69, 9.17) is 4.98 Å². The average molecular weight is 381 g/mol. The van der Waals surface area contributed by atoms with Crippen LogP contribution in [-0.2, 0) is 6.42 Å². The van der Waals surface area contributed by atoms with E-state index < -0.39 is 0 Å². The molecule has 110 valence electrons. The van der Waals surface area contributed by atoms with Gasteiger partial charge < -0.3 is 5.32 Å². The predicted octanol–water partition coefficient (Wildman–Crippen LogP) is 5.32. The second-order valence-electron chi connectivity index (χ2n) is 5.00. The summed E-state index contributed by atoms with van der Waals surface area (Å²) in [6.07, 6.45) is 0.944. The third-order valence-electron chi connectivity index (χ3n) is 3.39. The van der Waals surface area contributed by atoms with Crippen LogP contribution in [0.15, 0.2) is 34.1 Å². The number of halogens is 1. The number of likely N-dealkylation sites (N-methyl/N-ethyl adjacent to an activating group) is 1. The molecule has 3 aromatic rings. The van der Waals surface area contributed by atoms with E-state index in [9.17, 15) is 0 Å². The monoisotopic (exact) mass is 380 g/mol. The Hall–Kier alpha value is -0.750. The second kappa shape index (κ2) is 6.57. The van der Waals surface area contributed by atoms with Crippen molar-refractivity contribution in [2.75, 3.05) is 6.54 Å². The first-order valence-electron chi connectivity index (χ1n) is 7.01. The number of thiophene rings is 1. The quantitative estimate of drug-likeness (QED) is 0.647. The summed E-state index contributed by atoms with van der Waals surface area (Å²) in [6.45, 7) is 5.26. The van der Waals surface area contributed by atoms with Gasteiger partial charge >= 0.3 is 0 Å². The van der Waals surface area contributed by atoms with E-state index >= 15 is 0 Å². The second-order valence-corrected chi connectivity index (χ2v) is 8.51. The van der Waals surface area contributed by atoms with E-state index in [-0.39, 0.29) is 0 Å². The summed E-state index contributed by atoms with van der Waals surface area (Å²) in [7, 11) is 0. The zero-order valence-electron chi connectivity index (χ0n) is 12.0. The number of thiazole rings is 1. The van der Waals surface area contributed by atoms with Crippen LogP contribution in [0.5, 0.6) is 0 Å². The molecule has 3 rings (SSSR count). The number of nitrogens with one attached hydrogen (secondary N) is 1. The first-order chi connectivity index (χ1) is 10.2. The highest BCUT2D eigenvalue weighted by atomic mass is 79.9. The fourth-order valence-electron chi connectivity index (χ4n) is 2.36. The highest BCUT2D eigenvalue weighted by Gasteiger charge is 2.17. The third kappa shape index (κ3) is 3.37. The molecule has 0 amide bonds. The average Bonchev–Trinajstić information content (AvgIpc) is 3.02. The molecule has 1 aromatic carbocycles. The first kappa shape index (κ1) is 15.2. The number of aryl methyl sites for hydroxylation is 1. The Kier molecular flexibility index (Phi) is 4.74. The Balaban J connectivity index is 1.87. The van der Waals surface area contributed by atoms with Gasteiger partial charge in [0, 0.05) is 17.3 Å². The van der Waals surface area contributed by atoms with Crippen molar-refractivity contribution in [3.8, 4) is 0 Å². The molecule has 0 radical (unpaired) electrons. The number of benzene rings is 1. The van der Waals surface area contributed by atoms with Gasteiger partial charge in [0.1, 0.15) is 0 Å². The molecule has 0 aliphatic heterocycles. The lowest BCUT2D eigenvalue weighted by Crippen LogP contribution is -2.22. The SMILES string of the molecule is CCNC(Cc1nc2ccccc2s1)c1cc(C)c(Br)s1.